The molecule has 0 bridgehead atoms. The second kappa shape index (κ2) is 14.2. The molecule has 0 unspecified atom stereocenters. The van der Waals surface area contributed by atoms with Gasteiger partial charge in [-0.15, -0.1) is 0 Å². The molecule has 0 fully saturated rings. The van der Waals surface area contributed by atoms with Gasteiger partial charge in [0.1, 0.15) is 23.2 Å². The maximum absolute atomic E-state index is 15.0. The summed E-state index contributed by atoms with van der Waals surface area (Å²) in [7, 11) is 1.31. The highest BCUT2D eigenvalue weighted by atomic mass is 79.9. The Bertz CT molecular complexity index is 1610. The van der Waals surface area contributed by atoms with E-state index >= 15 is 0 Å². The van der Waals surface area contributed by atoms with Gasteiger partial charge in [0.15, 0.2) is 5.31 Å². The number of hydrogen-bond acceptors (Lipinski definition) is 3. The lowest BCUT2D eigenvalue weighted by Gasteiger charge is -2.29. The zero-order valence-corrected chi connectivity index (χ0v) is 26.9. The van der Waals surface area contributed by atoms with Gasteiger partial charge in [-0.2, -0.15) is 0 Å². The third kappa shape index (κ3) is 6.85. The van der Waals surface area contributed by atoms with E-state index < -0.39 is 7.26 Å². The van der Waals surface area contributed by atoms with E-state index in [2.05, 4.69) is 77.0 Å². The number of carbonyl (C=O) groups excluding carboxylic acids is 2. The van der Waals surface area contributed by atoms with Crippen LogP contribution < -0.4 is 43.1 Å². The number of rotatable bonds is 9. The van der Waals surface area contributed by atoms with Crippen LogP contribution in [0.5, 0.6) is 0 Å². The molecule has 4 nitrogen and oxygen atoms in total. The number of hydrogen-bond donors (Lipinski definition) is 1. The quantitative estimate of drug-likeness (QED) is 0.150. The van der Waals surface area contributed by atoms with E-state index in [4.69, 9.17) is 0 Å². The Kier molecular flexibility index (Phi) is 10.5. The molecule has 0 atom stereocenters. The molecule has 0 saturated heterocycles. The largest absolute Gasteiger partial charge is 1.00 e. The van der Waals surface area contributed by atoms with Crippen molar-refractivity contribution in [2.75, 3.05) is 24.3 Å². The average molecular weight is 650 g/mol. The number of nitrogens with one attached hydrogen (secondary N) is 1. The Morgan fingerprint density at radius 2 is 1.14 bits per heavy atom. The van der Waals surface area contributed by atoms with Gasteiger partial charge in [0.25, 0.3) is 0 Å². The molecule has 216 valence electrons. The minimum atomic E-state index is -2.71. The fraction of sp³-hybridized carbons (Fsp3) is 0.0811. The maximum Gasteiger partial charge on any atom is 0.229 e. The molecule has 0 radical (unpaired) electrons. The summed E-state index contributed by atoms with van der Waals surface area (Å²) in [5.74, 6) is -0.264. The molecule has 1 N–H and O–H groups in total. The zero-order chi connectivity index (χ0) is 29.5. The molecule has 43 heavy (non-hydrogen) atoms. The van der Waals surface area contributed by atoms with Crippen molar-refractivity contribution < 1.29 is 26.6 Å². The number of anilines is 2. The van der Waals surface area contributed by atoms with Gasteiger partial charge in [-0.1, -0.05) is 78.9 Å². The zero-order valence-electron chi connectivity index (χ0n) is 24.4. The van der Waals surface area contributed by atoms with Crippen LogP contribution in [0.1, 0.15) is 22.8 Å². The molecule has 0 spiro atoms. The van der Waals surface area contributed by atoms with Gasteiger partial charge in [0, 0.05) is 38.0 Å². The number of carbonyl (C=O) groups is 2. The fourth-order valence-corrected chi connectivity index (χ4v) is 9.61. The third-order valence-electron chi connectivity index (χ3n) is 7.18. The molecule has 1 amide bonds. The summed E-state index contributed by atoms with van der Waals surface area (Å²) < 4.78 is 0. The van der Waals surface area contributed by atoms with Crippen LogP contribution in [-0.2, 0) is 4.79 Å². The van der Waals surface area contributed by atoms with Gasteiger partial charge in [0.05, 0.1) is 0 Å². The van der Waals surface area contributed by atoms with Crippen molar-refractivity contribution >= 4 is 52.3 Å². The summed E-state index contributed by atoms with van der Waals surface area (Å²) >= 11 is 0. The van der Waals surface area contributed by atoms with Crippen molar-refractivity contribution in [3.8, 4) is 0 Å². The molecule has 0 saturated carbocycles. The van der Waals surface area contributed by atoms with Crippen molar-refractivity contribution in [1.29, 1.82) is 0 Å². The first-order valence-corrected chi connectivity index (χ1v) is 15.7. The van der Waals surface area contributed by atoms with E-state index in [0.717, 1.165) is 27.2 Å². The molecular formula is C37H34BrN2O2P. The number of nitrogens with zero attached hydrogens (tertiary/aromatic N) is 1. The van der Waals surface area contributed by atoms with Gasteiger partial charge in [-0.3, -0.25) is 9.59 Å². The Morgan fingerprint density at radius 3 is 1.58 bits per heavy atom. The number of benzene rings is 5. The monoisotopic (exact) mass is 648 g/mol. The second-order valence-electron chi connectivity index (χ2n) is 10.3. The van der Waals surface area contributed by atoms with Crippen LogP contribution >= 0.6 is 7.26 Å². The van der Waals surface area contributed by atoms with E-state index in [9.17, 15) is 9.59 Å². The van der Waals surface area contributed by atoms with Crippen LogP contribution in [-0.4, -0.2) is 25.8 Å². The molecule has 0 aliphatic rings. The van der Waals surface area contributed by atoms with E-state index in [1.54, 1.807) is 12.1 Å². The van der Waals surface area contributed by atoms with Crippen LogP contribution in [0.15, 0.2) is 145 Å². The van der Waals surface area contributed by atoms with Crippen LogP contribution in [0, 0.1) is 0 Å². The van der Waals surface area contributed by atoms with Crippen LogP contribution in [0.3, 0.4) is 0 Å². The highest BCUT2D eigenvalue weighted by Crippen LogP contribution is 2.63. The molecule has 0 heterocycles. The normalized spacial score (nSPS) is 11.3. The summed E-state index contributed by atoms with van der Waals surface area (Å²) in [6, 6.07) is 46.6. The number of ketones is 1. The minimum absolute atomic E-state index is 0. The number of Topliss-reactive ketones (excluding diaryl/α,β-unsaturated/α-hetero) is 1. The summed E-state index contributed by atoms with van der Waals surface area (Å²) in [6.07, 6.45) is 2.06. The van der Waals surface area contributed by atoms with Gasteiger partial charge in [0.2, 0.25) is 11.7 Å². The first-order chi connectivity index (χ1) is 20.4. The molecule has 5 aromatic carbocycles. The van der Waals surface area contributed by atoms with Gasteiger partial charge in [-0.25, -0.2) is 0 Å². The molecule has 5 aromatic rings. The number of allylic oxidation sites excluding steroid dienone is 1. The smallest absolute Gasteiger partial charge is 0.229 e. The van der Waals surface area contributed by atoms with E-state index in [-0.39, 0.29) is 28.7 Å². The Morgan fingerprint density at radius 1 is 0.651 bits per heavy atom. The van der Waals surface area contributed by atoms with Crippen molar-refractivity contribution in [3.63, 3.8) is 0 Å². The summed E-state index contributed by atoms with van der Waals surface area (Å²) in [5.41, 5.74) is 3.13. The van der Waals surface area contributed by atoms with E-state index in [1.165, 1.54) is 6.92 Å². The predicted octanol–water partition coefficient (Wildman–Crippen LogP) is 3.93. The average Bonchev–Trinajstić information content (AvgIpc) is 3.02. The molecule has 5 rings (SSSR count). The standard InChI is InChI=1S/C37H33N2O2P.BrH/c1-28(40)38-31-15-13-14-30(27-31)37(41)36(26-29-22-24-32(25-23-29)39(2)3)42(33-16-7-4-8-17-33,34-18-9-5-10-19-34)35-20-11-6-12-21-35;/h4-27H,1-3H3;1H/b36-26-;. The maximum atomic E-state index is 15.0. The number of amides is 1. The minimum Gasteiger partial charge on any atom is -1.00 e. The second-order valence-corrected chi connectivity index (χ2v) is 13.7. The van der Waals surface area contributed by atoms with Crippen LogP contribution in [0.4, 0.5) is 11.4 Å². The first-order valence-electron chi connectivity index (χ1n) is 13.9. The molecule has 0 aliphatic carbocycles. The Labute approximate surface area is 265 Å². The van der Waals surface area contributed by atoms with Crippen molar-refractivity contribution in [1.82, 2.24) is 0 Å². The van der Waals surface area contributed by atoms with Crippen molar-refractivity contribution in [2.45, 2.75) is 6.92 Å². The topological polar surface area (TPSA) is 49.4 Å². The summed E-state index contributed by atoms with van der Waals surface area (Å²) in [4.78, 5) is 28.9. The molecule has 0 aromatic heterocycles. The molecule has 6 heteroatoms. The highest BCUT2D eigenvalue weighted by molar-refractivity contribution is 8.00. The molecular weight excluding hydrogens is 615 g/mol. The lowest BCUT2D eigenvalue weighted by molar-refractivity contribution is -0.114. The third-order valence-corrected chi connectivity index (χ3v) is 11.5. The lowest BCUT2D eigenvalue weighted by Crippen LogP contribution is -3.00. The van der Waals surface area contributed by atoms with Crippen molar-refractivity contribution in [3.05, 3.63) is 156 Å². The van der Waals surface area contributed by atoms with Gasteiger partial charge >= 0.3 is 0 Å². The first kappa shape index (κ1) is 31.6. The SMILES string of the molecule is CC(=O)Nc1cccc(C(=O)/C(=C/c2ccc(N(C)C)cc2)[P+](c2ccccc2)(c2ccccc2)c2ccccc2)c1.[Br-]. The summed E-state index contributed by atoms with van der Waals surface area (Å²) in [5, 5.41) is 6.81. The lowest BCUT2D eigenvalue weighted by atomic mass is 10.1. The van der Waals surface area contributed by atoms with Gasteiger partial charge in [-0.05, 0) is 72.3 Å². The summed E-state index contributed by atoms with van der Waals surface area (Å²) in [6.45, 7) is 1.47. The van der Waals surface area contributed by atoms with E-state index in [0.29, 0.717) is 16.6 Å². The fourth-order valence-electron chi connectivity index (χ4n) is 5.25. The van der Waals surface area contributed by atoms with Gasteiger partial charge < -0.3 is 27.2 Å². The molecule has 0 aliphatic heterocycles. The van der Waals surface area contributed by atoms with Crippen LogP contribution in [0.25, 0.3) is 6.08 Å². The van der Waals surface area contributed by atoms with Crippen LogP contribution in [0.2, 0.25) is 0 Å². The van der Waals surface area contributed by atoms with Crippen molar-refractivity contribution in [2.24, 2.45) is 0 Å². The Hall–Kier alpha value is -4.31. The Balaban J connectivity index is 0.00000423. The predicted molar refractivity (Wildman–Crippen MR) is 179 cm³/mol. The highest BCUT2D eigenvalue weighted by Gasteiger charge is 2.52. The number of halogens is 1. The van der Waals surface area contributed by atoms with E-state index in [1.807, 2.05) is 80.8 Å².